The average molecular weight is 332 g/mol. The Morgan fingerprint density at radius 2 is 2.04 bits per heavy atom. The van der Waals surface area contributed by atoms with Crippen molar-refractivity contribution < 1.29 is 19.5 Å². The van der Waals surface area contributed by atoms with E-state index in [1.54, 1.807) is 19.2 Å². The van der Waals surface area contributed by atoms with Gasteiger partial charge in [-0.25, -0.2) is 5.06 Å². The molecule has 1 aromatic rings. The molecule has 6 heteroatoms. The molecule has 130 valence electrons. The van der Waals surface area contributed by atoms with Gasteiger partial charge in [-0.15, -0.1) is 0 Å². The molecule has 0 unspecified atom stereocenters. The van der Waals surface area contributed by atoms with E-state index in [-0.39, 0.29) is 23.5 Å². The van der Waals surface area contributed by atoms with Crippen molar-refractivity contribution in [2.24, 2.45) is 11.8 Å². The highest BCUT2D eigenvalue weighted by molar-refractivity contribution is 5.98. The summed E-state index contributed by atoms with van der Waals surface area (Å²) in [6, 6.07) is 4.99. The minimum atomic E-state index is -0.00165. The van der Waals surface area contributed by atoms with Crippen LogP contribution in [0, 0.1) is 11.8 Å². The van der Waals surface area contributed by atoms with Gasteiger partial charge in [0.2, 0.25) is 5.91 Å². The molecule has 0 saturated heterocycles. The minimum Gasteiger partial charge on any atom is -0.508 e. The average Bonchev–Trinajstić information content (AvgIpc) is 2.90. The highest BCUT2D eigenvalue weighted by Crippen LogP contribution is 2.33. The molecule has 0 spiro atoms. The topological polar surface area (TPSA) is 70.1 Å². The SMILES string of the molecule is CON(C)C(=O)C1CCC(CN2Cc3ccc(O)cc3C2=O)CC1. The van der Waals surface area contributed by atoms with Crippen molar-refractivity contribution in [3.8, 4) is 5.75 Å². The predicted molar refractivity (Wildman–Crippen MR) is 88.1 cm³/mol. The molecule has 0 bridgehead atoms. The second-order valence-electron chi connectivity index (χ2n) is 6.76. The summed E-state index contributed by atoms with van der Waals surface area (Å²) in [6.07, 6.45) is 3.57. The standard InChI is InChI=1S/C18H24N2O4/c1-19(24-2)17(22)13-5-3-12(4-6-13)10-20-11-14-7-8-15(21)9-16(14)18(20)23/h7-9,12-13,21H,3-6,10-11H2,1-2H3. The Labute approximate surface area is 142 Å². The third-order valence-corrected chi connectivity index (χ3v) is 5.23. The van der Waals surface area contributed by atoms with Crippen LogP contribution < -0.4 is 0 Å². The first-order valence-electron chi connectivity index (χ1n) is 8.42. The quantitative estimate of drug-likeness (QED) is 0.858. The molecule has 1 N–H and O–H groups in total. The van der Waals surface area contributed by atoms with E-state index in [4.69, 9.17) is 4.84 Å². The molecular formula is C18H24N2O4. The first-order chi connectivity index (χ1) is 11.5. The van der Waals surface area contributed by atoms with Crippen LogP contribution in [0.1, 0.15) is 41.6 Å². The van der Waals surface area contributed by atoms with E-state index >= 15 is 0 Å². The summed E-state index contributed by atoms with van der Waals surface area (Å²) in [5, 5.41) is 10.9. The molecule has 2 amide bonds. The fraction of sp³-hybridized carbons (Fsp3) is 0.556. The first kappa shape index (κ1) is 16.8. The van der Waals surface area contributed by atoms with Gasteiger partial charge < -0.3 is 10.0 Å². The molecule has 1 heterocycles. The van der Waals surface area contributed by atoms with Gasteiger partial charge >= 0.3 is 0 Å². The monoisotopic (exact) mass is 332 g/mol. The number of hydrogen-bond acceptors (Lipinski definition) is 4. The lowest BCUT2D eigenvalue weighted by atomic mass is 9.81. The molecule has 1 fully saturated rings. The van der Waals surface area contributed by atoms with Gasteiger partial charge in [-0.2, -0.15) is 0 Å². The van der Waals surface area contributed by atoms with Crippen LogP contribution >= 0.6 is 0 Å². The molecule has 1 saturated carbocycles. The van der Waals surface area contributed by atoms with E-state index in [0.29, 0.717) is 18.0 Å². The number of fused-ring (bicyclic) bond motifs is 1. The normalized spacial score (nSPS) is 23.2. The molecule has 1 aromatic carbocycles. The summed E-state index contributed by atoms with van der Waals surface area (Å²) in [5.41, 5.74) is 1.59. The van der Waals surface area contributed by atoms with Crippen LogP contribution in [0.25, 0.3) is 0 Å². The number of nitrogens with zero attached hydrogens (tertiary/aromatic N) is 2. The van der Waals surface area contributed by atoms with Crippen LogP contribution in [0.15, 0.2) is 18.2 Å². The second kappa shape index (κ2) is 6.81. The van der Waals surface area contributed by atoms with Crippen LogP contribution in [0.2, 0.25) is 0 Å². The van der Waals surface area contributed by atoms with Crippen molar-refractivity contribution in [1.82, 2.24) is 9.96 Å². The predicted octanol–water partition coefficient (Wildman–Crippen LogP) is 2.17. The number of phenolic OH excluding ortho intramolecular Hbond substituents is 1. The third kappa shape index (κ3) is 3.24. The van der Waals surface area contributed by atoms with E-state index in [1.807, 2.05) is 11.0 Å². The number of hydrogen-bond donors (Lipinski definition) is 1. The molecule has 6 nitrogen and oxygen atoms in total. The maximum atomic E-state index is 12.5. The van der Waals surface area contributed by atoms with Crippen LogP contribution in [-0.4, -0.2) is 47.6 Å². The number of phenols is 1. The molecule has 1 aliphatic heterocycles. The molecular weight excluding hydrogens is 308 g/mol. The number of amides is 2. The van der Waals surface area contributed by atoms with Gasteiger partial charge in [-0.1, -0.05) is 6.07 Å². The molecule has 24 heavy (non-hydrogen) atoms. The minimum absolute atomic E-state index is 0.00165. The van der Waals surface area contributed by atoms with Gasteiger partial charge in [0.05, 0.1) is 7.11 Å². The highest BCUT2D eigenvalue weighted by atomic mass is 16.7. The summed E-state index contributed by atoms with van der Waals surface area (Å²) in [7, 11) is 3.14. The van der Waals surface area contributed by atoms with E-state index in [9.17, 15) is 14.7 Å². The van der Waals surface area contributed by atoms with E-state index in [2.05, 4.69) is 0 Å². The van der Waals surface area contributed by atoms with Gasteiger partial charge in [0.1, 0.15) is 5.75 Å². The van der Waals surface area contributed by atoms with Gasteiger partial charge in [-0.3, -0.25) is 14.4 Å². The van der Waals surface area contributed by atoms with Crippen molar-refractivity contribution in [1.29, 1.82) is 0 Å². The van der Waals surface area contributed by atoms with Crippen molar-refractivity contribution in [3.63, 3.8) is 0 Å². The Balaban J connectivity index is 1.54. The van der Waals surface area contributed by atoms with Gasteiger partial charge in [0, 0.05) is 31.6 Å². The maximum absolute atomic E-state index is 12.5. The lowest BCUT2D eigenvalue weighted by molar-refractivity contribution is -0.174. The zero-order chi connectivity index (χ0) is 17.3. The molecule has 0 aromatic heterocycles. The number of rotatable bonds is 4. The Bertz CT molecular complexity index is 638. The zero-order valence-electron chi connectivity index (χ0n) is 14.2. The first-order valence-corrected chi connectivity index (χ1v) is 8.42. The van der Waals surface area contributed by atoms with Gasteiger partial charge in [-0.05, 0) is 49.3 Å². The van der Waals surface area contributed by atoms with Gasteiger partial charge in [0.15, 0.2) is 0 Å². The summed E-state index contributed by atoms with van der Waals surface area (Å²) in [6.45, 7) is 1.33. The Morgan fingerprint density at radius 3 is 2.71 bits per heavy atom. The molecule has 0 atom stereocenters. The highest BCUT2D eigenvalue weighted by Gasteiger charge is 2.33. The van der Waals surface area contributed by atoms with Gasteiger partial charge in [0.25, 0.3) is 5.91 Å². The van der Waals surface area contributed by atoms with E-state index < -0.39 is 0 Å². The number of benzene rings is 1. The van der Waals surface area contributed by atoms with E-state index in [0.717, 1.165) is 37.8 Å². The van der Waals surface area contributed by atoms with Crippen molar-refractivity contribution in [2.45, 2.75) is 32.2 Å². The summed E-state index contributed by atoms with van der Waals surface area (Å²) in [4.78, 5) is 31.4. The summed E-state index contributed by atoms with van der Waals surface area (Å²) < 4.78 is 0. The Morgan fingerprint density at radius 1 is 1.33 bits per heavy atom. The lowest BCUT2D eigenvalue weighted by Gasteiger charge is -2.31. The van der Waals surface area contributed by atoms with Crippen LogP contribution in [-0.2, 0) is 16.2 Å². The maximum Gasteiger partial charge on any atom is 0.254 e. The number of hydroxylamine groups is 2. The fourth-order valence-electron chi connectivity index (χ4n) is 3.75. The van der Waals surface area contributed by atoms with Crippen molar-refractivity contribution >= 4 is 11.8 Å². The fourth-order valence-corrected chi connectivity index (χ4v) is 3.75. The second-order valence-corrected chi connectivity index (χ2v) is 6.76. The Kier molecular flexibility index (Phi) is 4.76. The largest absolute Gasteiger partial charge is 0.508 e. The number of carbonyl (C=O) groups is 2. The zero-order valence-corrected chi connectivity index (χ0v) is 14.2. The summed E-state index contributed by atoms with van der Waals surface area (Å²) in [5.74, 6) is 0.614. The lowest BCUT2D eigenvalue weighted by Crippen LogP contribution is -2.36. The summed E-state index contributed by atoms with van der Waals surface area (Å²) >= 11 is 0. The smallest absolute Gasteiger partial charge is 0.254 e. The van der Waals surface area contributed by atoms with Crippen molar-refractivity contribution in [3.05, 3.63) is 29.3 Å². The molecule has 0 radical (unpaired) electrons. The third-order valence-electron chi connectivity index (χ3n) is 5.23. The Hall–Kier alpha value is -2.08. The van der Waals surface area contributed by atoms with Crippen molar-refractivity contribution in [2.75, 3.05) is 20.7 Å². The molecule has 2 aliphatic rings. The molecule has 1 aliphatic carbocycles. The van der Waals surface area contributed by atoms with Crippen LogP contribution in [0.5, 0.6) is 5.75 Å². The van der Waals surface area contributed by atoms with E-state index in [1.165, 1.54) is 12.2 Å². The molecule has 3 rings (SSSR count). The van der Waals surface area contributed by atoms with Crippen LogP contribution in [0.4, 0.5) is 0 Å². The van der Waals surface area contributed by atoms with Crippen LogP contribution in [0.3, 0.4) is 0 Å². The number of carbonyl (C=O) groups excluding carboxylic acids is 2. The number of aromatic hydroxyl groups is 1.